The first-order valence-electron chi connectivity index (χ1n) is 5.56. The van der Waals surface area contributed by atoms with Gasteiger partial charge in [-0.15, -0.1) is 0 Å². The molecule has 18 heavy (non-hydrogen) atoms. The van der Waals surface area contributed by atoms with E-state index in [1.54, 1.807) is 0 Å². The van der Waals surface area contributed by atoms with Crippen LogP contribution in [0.2, 0.25) is 0 Å². The third-order valence-corrected chi connectivity index (χ3v) is 2.59. The van der Waals surface area contributed by atoms with E-state index in [0.29, 0.717) is 5.69 Å². The van der Waals surface area contributed by atoms with E-state index < -0.39 is 11.6 Å². The third-order valence-electron chi connectivity index (χ3n) is 2.59. The van der Waals surface area contributed by atoms with Crippen molar-refractivity contribution in [3.63, 3.8) is 0 Å². The summed E-state index contributed by atoms with van der Waals surface area (Å²) in [7, 11) is 3.88. The van der Waals surface area contributed by atoms with Crippen LogP contribution in [0, 0.1) is 11.6 Å². The number of benzene rings is 2. The fraction of sp³-hybridized carbons (Fsp3) is 0.143. The summed E-state index contributed by atoms with van der Waals surface area (Å²) in [6.45, 7) is 0. The summed E-state index contributed by atoms with van der Waals surface area (Å²) in [6, 6.07) is 10.8. The van der Waals surface area contributed by atoms with Crippen LogP contribution in [0.4, 0.5) is 25.8 Å². The zero-order valence-electron chi connectivity index (χ0n) is 10.2. The van der Waals surface area contributed by atoms with E-state index in [9.17, 15) is 8.78 Å². The van der Waals surface area contributed by atoms with Gasteiger partial charge in [0.1, 0.15) is 11.6 Å². The van der Waals surface area contributed by atoms with Crippen LogP contribution >= 0.6 is 0 Å². The molecule has 0 bridgehead atoms. The Morgan fingerprint density at radius 3 is 2.22 bits per heavy atom. The predicted molar refractivity (Wildman–Crippen MR) is 70.4 cm³/mol. The largest absolute Gasteiger partial charge is 0.378 e. The minimum atomic E-state index is -0.479. The van der Waals surface area contributed by atoms with Gasteiger partial charge in [-0.05, 0) is 36.4 Å². The van der Waals surface area contributed by atoms with Gasteiger partial charge < -0.3 is 10.2 Å². The van der Waals surface area contributed by atoms with Gasteiger partial charge in [-0.1, -0.05) is 0 Å². The van der Waals surface area contributed by atoms with Gasteiger partial charge in [-0.2, -0.15) is 0 Å². The number of hydrogen-bond acceptors (Lipinski definition) is 2. The van der Waals surface area contributed by atoms with E-state index >= 15 is 0 Å². The molecule has 0 spiro atoms. The Morgan fingerprint density at radius 2 is 1.61 bits per heavy atom. The topological polar surface area (TPSA) is 15.3 Å². The first-order valence-corrected chi connectivity index (χ1v) is 5.56. The lowest BCUT2D eigenvalue weighted by Crippen LogP contribution is -2.08. The summed E-state index contributed by atoms with van der Waals surface area (Å²) in [4.78, 5) is 1.96. The second kappa shape index (κ2) is 5.04. The quantitative estimate of drug-likeness (QED) is 0.889. The van der Waals surface area contributed by atoms with Gasteiger partial charge in [0.25, 0.3) is 0 Å². The molecule has 2 aromatic rings. The number of hydrogen-bond donors (Lipinski definition) is 1. The van der Waals surface area contributed by atoms with Crippen LogP contribution in [0.25, 0.3) is 0 Å². The van der Waals surface area contributed by atoms with Crippen molar-refractivity contribution in [1.82, 2.24) is 0 Å². The Balaban J connectivity index is 2.21. The molecule has 0 aliphatic rings. The van der Waals surface area contributed by atoms with Crippen LogP contribution in [-0.4, -0.2) is 14.1 Å². The smallest absolute Gasteiger partial charge is 0.146 e. The summed E-state index contributed by atoms with van der Waals surface area (Å²) in [5.41, 5.74) is 1.89. The highest BCUT2D eigenvalue weighted by Gasteiger charge is 2.04. The minimum absolute atomic E-state index is 0.132. The van der Waals surface area contributed by atoms with Crippen LogP contribution < -0.4 is 10.2 Å². The number of rotatable bonds is 3. The van der Waals surface area contributed by atoms with E-state index in [1.807, 2.05) is 43.3 Å². The first-order chi connectivity index (χ1) is 8.56. The summed E-state index contributed by atoms with van der Waals surface area (Å²) in [5, 5.41) is 2.85. The summed E-state index contributed by atoms with van der Waals surface area (Å²) < 4.78 is 26.4. The molecule has 0 atom stereocenters. The monoisotopic (exact) mass is 248 g/mol. The van der Waals surface area contributed by atoms with Crippen molar-refractivity contribution in [2.45, 2.75) is 0 Å². The van der Waals surface area contributed by atoms with Crippen LogP contribution in [-0.2, 0) is 0 Å². The van der Waals surface area contributed by atoms with Crippen molar-refractivity contribution in [2.75, 3.05) is 24.3 Å². The van der Waals surface area contributed by atoms with Crippen LogP contribution in [0.3, 0.4) is 0 Å². The maximum Gasteiger partial charge on any atom is 0.146 e. The van der Waals surface area contributed by atoms with E-state index in [0.717, 1.165) is 23.9 Å². The Labute approximate surface area is 105 Å². The molecule has 0 aromatic heterocycles. The second-order valence-corrected chi connectivity index (χ2v) is 4.19. The van der Waals surface area contributed by atoms with Crippen molar-refractivity contribution in [1.29, 1.82) is 0 Å². The van der Waals surface area contributed by atoms with Gasteiger partial charge >= 0.3 is 0 Å². The fourth-order valence-electron chi connectivity index (χ4n) is 1.59. The molecule has 0 unspecified atom stereocenters. The SMILES string of the molecule is CN(C)c1ccc(Nc2cc(F)ccc2F)cc1. The molecular formula is C14H14F2N2. The number of anilines is 3. The van der Waals surface area contributed by atoms with Crippen LogP contribution in [0.15, 0.2) is 42.5 Å². The lowest BCUT2D eigenvalue weighted by Gasteiger charge is -2.13. The highest BCUT2D eigenvalue weighted by molar-refractivity contribution is 5.63. The molecule has 4 heteroatoms. The Hall–Kier alpha value is -2.10. The minimum Gasteiger partial charge on any atom is -0.378 e. The van der Waals surface area contributed by atoms with Crippen molar-refractivity contribution in [3.8, 4) is 0 Å². The molecule has 0 saturated carbocycles. The molecule has 0 amide bonds. The number of halogens is 2. The highest BCUT2D eigenvalue weighted by atomic mass is 19.1. The Morgan fingerprint density at radius 1 is 0.944 bits per heavy atom. The third kappa shape index (κ3) is 2.77. The lowest BCUT2D eigenvalue weighted by atomic mass is 10.2. The second-order valence-electron chi connectivity index (χ2n) is 4.19. The van der Waals surface area contributed by atoms with E-state index in [2.05, 4.69) is 5.32 Å². The van der Waals surface area contributed by atoms with Gasteiger partial charge in [-0.3, -0.25) is 0 Å². The van der Waals surface area contributed by atoms with Crippen molar-refractivity contribution in [2.24, 2.45) is 0 Å². The average Bonchev–Trinajstić information content (AvgIpc) is 2.34. The molecule has 2 rings (SSSR count). The molecule has 0 aliphatic heterocycles. The summed E-state index contributed by atoms with van der Waals surface area (Å²) >= 11 is 0. The number of nitrogens with zero attached hydrogens (tertiary/aromatic N) is 1. The summed E-state index contributed by atoms with van der Waals surface area (Å²) in [6.07, 6.45) is 0. The average molecular weight is 248 g/mol. The van der Waals surface area contributed by atoms with Gasteiger partial charge in [0.15, 0.2) is 0 Å². The van der Waals surface area contributed by atoms with Gasteiger partial charge in [0.05, 0.1) is 5.69 Å². The zero-order chi connectivity index (χ0) is 13.1. The molecule has 0 aliphatic carbocycles. The van der Waals surface area contributed by atoms with E-state index in [4.69, 9.17) is 0 Å². The molecule has 0 saturated heterocycles. The molecule has 2 aromatic carbocycles. The van der Waals surface area contributed by atoms with Crippen molar-refractivity contribution < 1.29 is 8.78 Å². The Kier molecular flexibility index (Phi) is 3.46. The molecular weight excluding hydrogens is 234 g/mol. The maximum atomic E-state index is 13.4. The molecule has 0 fully saturated rings. The number of nitrogens with one attached hydrogen (secondary N) is 1. The Bertz CT molecular complexity index is 536. The molecule has 1 N–H and O–H groups in total. The lowest BCUT2D eigenvalue weighted by molar-refractivity contribution is 0.603. The van der Waals surface area contributed by atoms with Crippen LogP contribution in [0.1, 0.15) is 0 Å². The molecule has 94 valence electrons. The molecule has 2 nitrogen and oxygen atoms in total. The fourth-order valence-corrected chi connectivity index (χ4v) is 1.59. The van der Waals surface area contributed by atoms with Crippen molar-refractivity contribution >= 4 is 17.1 Å². The van der Waals surface area contributed by atoms with Gasteiger partial charge in [-0.25, -0.2) is 8.78 Å². The zero-order valence-corrected chi connectivity index (χ0v) is 10.2. The predicted octanol–water partition coefficient (Wildman–Crippen LogP) is 3.77. The standard InChI is InChI=1S/C14H14F2N2/c1-18(2)12-6-4-11(5-7-12)17-14-9-10(15)3-8-13(14)16/h3-9,17H,1-2H3. The van der Waals surface area contributed by atoms with Crippen molar-refractivity contribution in [3.05, 3.63) is 54.1 Å². The summed E-state index contributed by atoms with van der Waals surface area (Å²) in [5.74, 6) is -0.947. The maximum absolute atomic E-state index is 13.4. The van der Waals surface area contributed by atoms with E-state index in [1.165, 1.54) is 0 Å². The molecule has 0 heterocycles. The first kappa shape index (κ1) is 12.4. The van der Waals surface area contributed by atoms with Gasteiger partial charge in [0.2, 0.25) is 0 Å². The highest BCUT2D eigenvalue weighted by Crippen LogP contribution is 2.22. The molecule has 0 radical (unpaired) electrons. The van der Waals surface area contributed by atoms with E-state index in [-0.39, 0.29) is 5.69 Å². The normalized spacial score (nSPS) is 10.2. The van der Waals surface area contributed by atoms with Crippen LogP contribution in [0.5, 0.6) is 0 Å². The van der Waals surface area contributed by atoms with Gasteiger partial charge in [0, 0.05) is 31.5 Å².